The molecule has 0 bridgehead atoms. The van der Waals surface area contributed by atoms with Crippen LogP contribution in [0.4, 0.5) is 0 Å². The highest BCUT2D eigenvalue weighted by Gasteiger charge is 2.44. The van der Waals surface area contributed by atoms with Crippen molar-refractivity contribution < 1.29 is 14.6 Å². The summed E-state index contributed by atoms with van der Waals surface area (Å²) in [7, 11) is 0. The Labute approximate surface area is 72.7 Å². The fraction of sp³-hybridized carbons (Fsp3) is 0.889. The molecule has 0 radical (unpaired) electrons. The predicted octanol–water partition coefficient (Wildman–Crippen LogP) is 1.10. The Morgan fingerprint density at radius 3 is 2.42 bits per heavy atom. The molecule has 0 aromatic rings. The average molecular weight is 172 g/mol. The van der Waals surface area contributed by atoms with Gasteiger partial charge in [-0.15, -0.1) is 0 Å². The molecule has 1 N–H and O–H groups in total. The van der Waals surface area contributed by atoms with Crippen LogP contribution >= 0.6 is 0 Å². The molecule has 0 aromatic carbocycles. The molecule has 12 heavy (non-hydrogen) atoms. The van der Waals surface area contributed by atoms with Crippen LogP contribution in [0.25, 0.3) is 0 Å². The van der Waals surface area contributed by atoms with Gasteiger partial charge in [-0.25, -0.2) is 0 Å². The third-order valence-corrected chi connectivity index (χ3v) is 2.61. The molecular formula is C9H16O3. The van der Waals surface area contributed by atoms with Crippen molar-refractivity contribution in [2.45, 2.75) is 39.2 Å². The second-order valence-electron chi connectivity index (χ2n) is 4.43. The van der Waals surface area contributed by atoms with Gasteiger partial charge in [0.2, 0.25) is 0 Å². The number of ether oxygens (including phenoxy) is 1. The average Bonchev–Trinajstić information content (AvgIpc) is 1.83. The second-order valence-corrected chi connectivity index (χ2v) is 4.43. The molecule has 1 saturated heterocycles. The summed E-state index contributed by atoms with van der Waals surface area (Å²) in [4.78, 5) is 10.9. The third-order valence-electron chi connectivity index (χ3n) is 2.61. The summed E-state index contributed by atoms with van der Waals surface area (Å²) in [6.07, 6.45) is 0.665. The molecule has 1 aliphatic rings. The Kier molecular flexibility index (Phi) is 2.17. The number of rotatable bonds is 0. The van der Waals surface area contributed by atoms with Gasteiger partial charge >= 0.3 is 5.97 Å². The van der Waals surface area contributed by atoms with Gasteiger partial charge in [0.05, 0.1) is 18.6 Å². The minimum absolute atomic E-state index is 0.122. The molecule has 1 unspecified atom stereocenters. The summed E-state index contributed by atoms with van der Waals surface area (Å²) in [6, 6.07) is 0. The Morgan fingerprint density at radius 2 is 2.08 bits per heavy atom. The maximum absolute atomic E-state index is 10.9. The first-order chi connectivity index (χ1) is 5.35. The molecule has 1 rings (SSSR count). The Hall–Kier alpha value is -0.570. The van der Waals surface area contributed by atoms with E-state index < -0.39 is 5.60 Å². The number of carbonyl (C=O) groups is 1. The van der Waals surface area contributed by atoms with Crippen LogP contribution in [0.3, 0.4) is 0 Å². The first-order valence-corrected chi connectivity index (χ1v) is 4.23. The van der Waals surface area contributed by atoms with Crippen molar-refractivity contribution in [2.24, 2.45) is 5.41 Å². The van der Waals surface area contributed by atoms with Crippen LogP contribution in [0, 0.1) is 5.41 Å². The molecule has 0 aromatic heterocycles. The Balaban J connectivity index is 2.77. The summed E-state index contributed by atoms with van der Waals surface area (Å²) < 4.78 is 4.77. The Morgan fingerprint density at radius 1 is 1.50 bits per heavy atom. The number of esters is 1. The van der Waals surface area contributed by atoms with E-state index in [2.05, 4.69) is 0 Å². The van der Waals surface area contributed by atoms with Crippen molar-refractivity contribution in [1.82, 2.24) is 0 Å². The lowest BCUT2D eigenvalue weighted by molar-refractivity contribution is -0.171. The normalized spacial score (nSPS) is 31.5. The number of hydrogen-bond acceptors (Lipinski definition) is 3. The fourth-order valence-electron chi connectivity index (χ4n) is 1.35. The van der Waals surface area contributed by atoms with Gasteiger partial charge in [0, 0.05) is 6.42 Å². The van der Waals surface area contributed by atoms with Gasteiger partial charge in [0.1, 0.15) is 0 Å². The number of aliphatic hydroxyl groups is 1. The molecule has 1 fully saturated rings. The predicted molar refractivity (Wildman–Crippen MR) is 44.6 cm³/mol. The summed E-state index contributed by atoms with van der Waals surface area (Å²) in [5.74, 6) is -0.293. The lowest BCUT2D eigenvalue weighted by atomic mass is 9.72. The van der Waals surface area contributed by atoms with Gasteiger partial charge in [-0.1, -0.05) is 20.8 Å². The van der Waals surface area contributed by atoms with Gasteiger partial charge in [-0.2, -0.15) is 0 Å². The molecule has 3 nitrogen and oxygen atoms in total. The molecule has 0 amide bonds. The monoisotopic (exact) mass is 172 g/mol. The highest BCUT2D eigenvalue weighted by molar-refractivity contribution is 5.71. The number of hydrogen-bond donors (Lipinski definition) is 1. The van der Waals surface area contributed by atoms with Gasteiger partial charge < -0.3 is 9.84 Å². The summed E-state index contributed by atoms with van der Waals surface area (Å²) in [5, 5.41) is 10.1. The second kappa shape index (κ2) is 2.73. The topological polar surface area (TPSA) is 46.5 Å². The van der Waals surface area contributed by atoms with Crippen LogP contribution in [0.2, 0.25) is 0 Å². The van der Waals surface area contributed by atoms with E-state index in [9.17, 15) is 9.90 Å². The van der Waals surface area contributed by atoms with E-state index in [0.717, 1.165) is 0 Å². The molecule has 70 valence electrons. The minimum Gasteiger partial charge on any atom is -0.465 e. The van der Waals surface area contributed by atoms with Gasteiger partial charge in [0.15, 0.2) is 0 Å². The molecule has 3 heteroatoms. The van der Waals surface area contributed by atoms with Gasteiger partial charge in [-0.3, -0.25) is 4.79 Å². The van der Waals surface area contributed by atoms with E-state index in [0.29, 0.717) is 13.0 Å². The van der Waals surface area contributed by atoms with Crippen molar-refractivity contribution in [3.8, 4) is 0 Å². The quantitative estimate of drug-likeness (QED) is 0.556. The maximum Gasteiger partial charge on any atom is 0.308 e. The van der Waals surface area contributed by atoms with Crippen molar-refractivity contribution >= 4 is 5.97 Å². The van der Waals surface area contributed by atoms with E-state index in [-0.39, 0.29) is 17.8 Å². The minimum atomic E-state index is -0.887. The van der Waals surface area contributed by atoms with E-state index >= 15 is 0 Å². The van der Waals surface area contributed by atoms with Crippen LogP contribution in [0.1, 0.15) is 33.6 Å². The van der Waals surface area contributed by atoms with Crippen molar-refractivity contribution in [3.63, 3.8) is 0 Å². The third kappa shape index (κ3) is 1.61. The van der Waals surface area contributed by atoms with Crippen molar-refractivity contribution in [2.75, 3.05) is 6.61 Å². The molecule has 1 atom stereocenters. The van der Waals surface area contributed by atoms with E-state index in [1.165, 1.54) is 0 Å². The molecule has 0 spiro atoms. The SMILES string of the molecule is CC(C)(C)C1(O)CCOC(=O)C1. The zero-order chi connectivity index (χ0) is 9.41. The molecule has 1 aliphatic heterocycles. The summed E-state index contributed by atoms with van der Waals surface area (Å²) in [5.41, 5.74) is -1.14. The summed E-state index contributed by atoms with van der Waals surface area (Å²) >= 11 is 0. The lowest BCUT2D eigenvalue weighted by Gasteiger charge is -2.41. The molecular weight excluding hydrogens is 156 g/mol. The fourth-order valence-corrected chi connectivity index (χ4v) is 1.35. The zero-order valence-corrected chi connectivity index (χ0v) is 7.89. The molecule has 0 saturated carbocycles. The van der Waals surface area contributed by atoms with Crippen LogP contribution in [-0.2, 0) is 9.53 Å². The highest BCUT2D eigenvalue weighted by Crippen LogP contribution is 2.38. The van der Waals surface area contributed by atoms with Crippen LogP contribution in [0.15, 0.2) is 0 Å². The van der Waals surface area contributed by atoms with Crippen LogP contribution in [-0.4, -0.2) is 23.3 Å². The molecule has 0 aliphatic carbocycles. The largest absolute Gasteiger partial charge is 0.465 e. The van der Waals surface area contributed by atoms with Gasteiger partial charge in [-0.05, 0) is 5.41 Å². The first kappa shape index (κ1) is 9.52. The Bertz CT molecular complexity index is 192. The van der Waals surface area contributed by atoms with E-state index in [1.54, 1.807) is 0 Å². The van der Waals surface area contributed by atoms with Gasteiger partial charge in [0.25, 0.3) is 0 Å². The van der Waals surface area contributed by atoms with Crippen molar-refractivity contribution in [3.05, 3.63) is 0 Å². The summed E-state index contributed by atoms with van der Waals surface area (Å²) in [6.45, 7) is 6.15. The molecule has 1 heterocycles. The van der Waals surface area contributed by atoms with Crippen LogP contribution < -0.4 is 0 Å². The number of carbonyl (C=O) groups excluding carboxylic acids is 1. The van der Waals surface area contributed by atoms with Crippen molar-refractivity contribution in [1.29, 1.82) is 0 Å². The zero-order valence-electron chi connectivity index (χ0n) is 7.89. The number of cyclic esters (lactones) is 1. The maximum atomic E-state index is 10.9. The smallest absolute Gasteiger partial charge is 0.308 e. The van der Waals surface area contributed by atoms with E-state index in [1.807, 2.05) is 20.8 Å². The van der Waals surface area contributed by atoms with E-state index in [4.69, 9.17) is 4.74 Å². The lowest BCUT2D eigenvalue weighted by Crippen LogP contribution is -2.48. The highest BCUT2D eigenvalue weighted by atomic mass is 16.5. The standard InChI is InChI=1S/C9H16O3/c1-8(2,3)9(11)4-5-12-7(10)6-9/h11H,4-6H2,1-3H3. The first-order valence-electron chi connectivity index (χ1n) is 4.23. The van der Waals surface area contributed by atoms with Crippen LogP contribution in [0.5, 0.6) is 0 Å².